The quantitative estimate of drug-likeness (QED) is 0.292. The lowest BCUT2D eigenvalue weighted by Crippen LogP contribution is -2.22. The molecule has 25 heavy (non-hydrogen) atoms. The highest BCUT2D eigenvalue weighted by Gasteiger charge is 2.18. The van der Waals surface area contributed by atoms with Gasteiger partial charge in [0.1, 0.15) is 17.2 Å². The van der Waals surface area contributed by atoms with E-state index in [1.54, 1.807) is 6.08 Å². The molecule has 0 aliphatic rings. The summed E-state index contributed by atoms with van der Waals surface area (Å²) in [6.45, 7) is 7.83. The molecule has 0 amide bonds. The van der Waals surface area contributed by atoms with Gasteiger partial charge in [-0.25, -0.2) is 15.0 Å². The van der Waals surface area contributed by atoms with Crippen molar-refractivity contribution in [2.75, 3.05) is 0 Å². The number of fused-ring (bicyclic) bond motifs is 1. The van der Waals surface area contributed by atoms with Crippen molar-refractivity contribution in [1.29, 1.82) is 0 Å². The molecular weight excluding hydrogens is 362 g/mol. The molecule has 0 radical (unpaired) electrons. The van der Waals surface area contributed by atoms with Crippen molar-refractivity contribution in [2.45, 2.75) is 30.7 Å². The third-order valence-corrected chi connectivity index (χ3v) is 5.56. The summed E-state index contributed by atoms with van der Waals surface area (Å²) in [5, 5.41) is 12.0. The zero-order chi connectivity index (χ0) is 18.1. The van der Waals surface area contributed by atoms with Gasteiger partial charge in [-0.2, -0.15) is 0 Å². The molecule has 3 aromatic rings. The van der Waals surface area contributed by atoms with Gasteiger partial charge in [-0.05, 0) is 31.2 Å². The topological polar surface area (TPSA) is 104 Å². The van der Waals surface area contributed by atoms with Gasteiger partial charge < -0.3 is 0 Å². The Balaban J connectivity index is 2.11. The predicted molar refractivity (Wildman–Crippen MR) is 96.4 cm³/mol. The highest BCUT2D eigenvalue weighted by molar-refractivity contribution is 7.99. The molecule has 0 atom stereocenters. The van der Waals surface area contributed by atoms with E-state index in [2.05, 4.69) is 21.5 Å². The second-order valence-corrected chi connectivity index (χ2v) is 7.28. The Bertz CT molecular complexity index is 1040. The summed E-state index contributed by atoms with van der Waals surface area (Å²) >= 11 is 2.54. The number of nitro groups is 1. The first kappa shape index (κ1) is 17.2. The monoisotopic (exact) mass is 375 g/mol. The predicted octanol–water partition coefficient (Wildman–Crippen LogP) is 3.11. The zero-order valence-electron chi connectivity index (χ0n) is 13.4. The van der Waals surface area contributed by atoms with Gasteiger partial charge in [0, 0.05) is 11.4 Å². The largest absolute Gasteiger partial charge is 0.305 e. The minimum absolute atomic E-state index is 0.142. The maximum atomic E-state index is 12.8. The van der Waals surface area contributed by atoms with Crippen LogP contribution in [0, 0.1) is 24.0 Å². The van der Waals surface area contributed by atoms with Crippen LogP contribution in [0.15, 0.2) is 40.2 Å². The van der Waals surface area contributed by atoms with Crippen LogP contribution in [0.25, 0.3) is 10.2 Å². The first-order valence-corrected chi connectivity index (χ1v) is 8.81. The van der Waals surface area contributed by atoms with Gasteiger partial charge in [-0.15, -0.1) is 17.9 Å². The van der Waals surface area contributed by atoms with Gasteiger partial charge in [0.15, 0.2) is 10.3 Å². The van der Waals surface area contributed by atoms with Crippen molar-refractivity contribution in [3.63, 3.8) is 0 Å². The zero-order valence-corrected chi connectivity index (χ0v) is 15.1. The summed E-state index contributed by atoms with van der Waals surface area (Å²) in [7, 11) is 0. The van der Waals surface area contributed by atoms with Gasteiger partial charge in [-0.3, -0.25) is 19.5 Å². The highest BCUT2D eigenvalue weighted by Crippen LogP contribution is 2.30. The third kappa shape index (κ3) is 3.17. The lowest BCUT2D eigenvalue weighted by Gasteiger charge is -2.09. The first-order valence-electron chi connectivity index (χ1n) is 7.18. The van der Waals surface area contributed by atoms with Crippen LogP contribution in [0.3, 0.4) is 0 Å². The van der Waals surface area contributed by atoms with E-state index in [4.69, 9.17) is 0 Å². The number of hydrogen-bond donors (Lipinski definition) is 0. The fraction of sp³-hybridized carbons (Fsp3) is 0.200. The molecule has 0 aliphatic carbocycles. The van der Waals surface area contributed by atoms with Gasteiger partial charge in [0.25, 0.3) is 5.56 Å². The summed E-state index contributed by atoms with van der Waals surface area (Å²) in [5.41, 5.74) is 0.593. The fourth-order valence-electron chi connectivity index (χ4n) is 2.21. The van der Waals surface area contributed by atoms with Crippen molar-refractivity contribution in [1.82, 2.24) is 19.5 Å². The van der Waals surface area contributed by atoms with E-state index in [1.807, 2.05) is 13.8 Å². The average Bonchev–Trinajstić information content (AvgIpc) is 2.86. The Hall–Kier alpha value is -2.59. The van der Waals surface area contributed by atoms with Crippen LogP contribution in [-0.4, -0.2) is 24.4 Å². The second kappa shape index (κ2) is 6.73. The molecule has 0 fully saturated rings. The Morgan fingerprint density at radius 3 is 2.68 bits per heavy atom. The molecule has 0 saturated carbocycles. The summed E-state index contributed by atoms with van der Waals surface area (Å²) in [5.74, 6) is 0. The lowest BCUT2D eigenvalue weighted by molar-refractivity contribution is -0.385. The molecule has 0 spiro atoms. The maximum absolute atomic E-state index is 12.8. The summed E-state index contributed by atoms with van der Waals surface area (Å²) in [6, 6.07) is 0. The molecule has 0 bridgehead atoms. The van der Waals surface area contributed by atoms with Crippen LogP contribution in [0.1, 0.15) is 10.4 Å². The molecule has 0 aliphatic heterocycles. The minimum Gasteiger partial charge on any atom is -0.283 e. The van der Waals surface area contributed by atoms with Crippen LogP contribution in [0.4, 0.5) is 5.69 Å². The fourth-order valence-corrected chi connectivity index (χ4v) is 4.07. The van der Waals surface area contributed by atoms with Crippen molar-refractivity contribution < 1.29 is 4.92 Å². The van der Waals surface area contributed by atoms with Crippen LogP contribution in [0.5, 0.6) is 0 Å². The maximum Gasteiger partial charge on any atom is 0.305 e. The lowest BCUT2D eigenvalue weighted by atomic mass is 10.2. The summed E-state index contributed by atoms with van der Waals surface area (Å²) < 4.78 is 1.50. The number of thiophene rings is 1. The van der Waals surface area contributed by atoms with E-state index in [1.165, 1.54) is 15.9 Å². The number of aromatic nitrogens is 4. The summed E-state index contributed by atoms with van der Waals surface area (Å²) in [4.78, 5) is 37.2. The molecule has 3 heterocycles. The van der Waals surface area contributed by atoms with Gasteiger partial charge in [0.2, 0.25) is 0 Å². The molecule has 8 nitrogen and oxygen atoms in total. The van der Waals surface area contributed by atoms with E-state index in [9.17, 15) is 14.9 Å². The van der Waals surface area contributed by atoms with Crippen molar-refractivity contribution >= 4 is 39.0 Å². The van der Waals surface area contributed by atoms with Crippen LogP contribution in [0.2, 0.25) is 0 Å². The van der Waals surface area contributed by atoms with Crippen molar-refractivity contribution in [3.8, 4) is 0 Å². The minimum atomic E-state index is -0.566. The second-order valence-electron chi connectivity index (χ2n) is 5.15. The molecular formula is C15H13N5O3S2. The van der Waals surface area contributed by atoms with Gasteiger partial charge >= 0.3 is 5.69 Å². The van der Waals surface area contributed by atoms with Crippen LogP contribution < -0.4 is 5.56 Å². The standard InChI is InChI=1S/C15H13N5O3S2/c1-4-5-19-13(21)11-8(2)9(3)24-12(11)18-15(19)25-14-16-6-10(7-17-14)20(22)23/h4,6-7H,1,5H2,2-3H3. The molecule has 0 saturated heterocycles. The molecule has 0 N–H and O–H groups in total. The number of aryl methyl sites for hydroxylation is 2. The van der Waals surface area contributed by atoms with E-state index >= 15 is 0 Å². The normalized spacial score (nSPS) is 11.0. The van der Waals surface area contributed by atoms with Crippen LogP contribution in [-0.2, 0) is 6.54 Å². The summed E-state index contributed by atoms with van der Waals surface area (Å²) in [6.07, 6.45) is 3.87. The third-order valence-electron chi connectivity index (χ3n) is 3.57. The van der Waals surface area contributed by atoms with Crippen molar-refractivity contribution in [3.05, 3.63) is 56.0 Å². The smallest absolute Gasteiger partial charge is 0.283 e. The van der Waals surface area contributed by atoms with Crippen molar-refractivity contribution in [2.24, 2.45) is 0 Å². The Labute approximate surface area is 150 Å². The molecule has 3 aromatic heterocycles. The van der Waals surface area contributed by atoms with E-state index < -0.39 is 4.92 Å². The molecule has 3 rings (SSSR count). The average molecular weight is 375 g/mol. The number of nitrogens with zero attached hydrogens (tertiary/aromatic N) is 5. The highest BCUT2D eigenvalue weighted by atomic mass is 32.2. The Morgan fingerprint density at radius 1 is 1.40 bits per heavy atom. The van der Waals surface area contributed by atoms with E-state index in [0.29, 0.717) is 21.9 Å². The van der Waals surface area contributed by atoms with E-state index in [-0.39, 0.29) is 16.4 Å². The Morgan fingerprint density at radius 2 is 2.08 bits per heavy atom. The number of hydrogen-bond acceptors (Lipinski definition) is 8. The van der Waals surface area contributed by atoms with Gasteiger partial charge in [-0.1, -0.05) is 6.08 Å². The molecule has 128 valence electrons. The number of rotatable bonds is 5. The number of allylic oxidation sites excluding steroid dienone is 1. The molecule has 0 aromatic carbocycles. The SMILES string of the molecule is C=CCn1c(Sc2ncc([N+](=O)[O-])cn2)nc2sc(C)c(C)c2c1=O. The van der Waals surface area contributed by atoms with Gasteiger partial charge in [0.05, 0.1) is 10.3 Å². The van der Waals surface area contributed by atoms with Crippen LogP contribution >= 0.6 is 23.1 Å². The van der Waals surface area contributed by atoms with E-state index in [0.717, 1.165) is 34.6 Å². The molecule has 10 heteroatoms. The first-order chi connectivity index (χ1) is 11.9. The molecule has 0 unspecified atom stereocenters. The Kier molecular flexibility index (Phi) is 4.64.